The highest BCUT2D eigenvalue weighted by Crippen LogP contribution is 2.38. The summed E-state index contributed by atoms with van der Waals surface area (Å²) >= 11 is 1.66. The molecule has 0 spiro atoms. The number of aromatic nitrogens is 2. The Hall–Kier alpha value is -3.12. The largest absolute Gasteiger partial charge is 0.497 e. The summed E-state index contributed by atoms with van der Waals surface area (Å²) in [6, 6.07) is 18.1. The van der Waals surface area contributed by atoms with Gasteiger partial charge < -0.3 is 14.8 Å². The monoisotopic (exact) mass is 377 g/mol. The zero-order valence-electron chi connectivity index (χ0n) is 15.3. The summed E-state index contributed by atoms with van der Waals surface area (Å²) in [5, 5.41) is 4.38. The molecule has 0 aliphatic carbocycles. The van der Waals surface area contributed by atoms with Gasteiger partial charge in [0.15, 0.2) is 0 Å². The number of ether oxygens (including phenoxy) is 2. The lowest BCUT2D eigenvalue weighted by molar-refractivity contribution is 0.405. The Labute approximate surface area is 161 Å². The predicted octanol–water partition coefficient (Wildman–Crippen LogP) is 5.43. The van der Waals surface area contributed by atoms with E-state index in [9.17, 15) is 0 Å². The van der Waals surface area contributed by atoms with Crippen molar-refractivity contribution < 1.29 is 9.47 Å². The zero-order valence-corrected chi connectivity index (χ0v) is 16.1. The number of benzene rings is 2. The molecule has 2 aromatic carbocycles. The van der Waals surface area contributed by atoms with E-state index < -0.39 is 0 Å². The summed E-state index contributed by atoms with van der Waals surface area (Å²) in [6.45, 7) is 1.90. The number of nitrogens with zero attached hydrogens (tertiary/aromatic N) is 2. The van der Waals surface area contributed by atoms with Crippen molar-refractivity contribution in [3.63, 3.8) is 0 Å². The van der Waals surface area contributed by atoms with E-state index in [0.717, 1.165) is 38.1 Å². The molecule has 136 valence electrons. The zero-order chi connectivity index (χ0) is 18.8. The number of nitrogens with one attached hydrogen (secondary N) is 1. The first-order valence-electron chi connectivity index (χ1n) is 8.50. The smallest absolute Gasteiger partial charge is 0.143 e. The van der Waals surface area contributed by atoms with Crippen LogP contribution in [-0.2, 0) is 0 Å². The Balaban J connectivity index is 1.81. The molecule has 0 amide bonds. The molecular formula is C21H19N3O2S. The van der Waals surface area contributed by atoms with Gasteiger partial charge in [0.1, 0.15) is 28.0 Å². The van der Waals surface area contributed by atoms with E-state index in [1.54, 1.807) is 25.6 Å². The normalized spacial score (nSPS) is 10.8. The number of fused-ring (bicyclic) bond motifs is 1. The molecule has 27 heavy (non-hydrogen) atoms. The Morgan fingerprint density at radius 2 is 1.74 bits per heavy atom. The molecule has 0 atom stereocenters. The van der Waals surface area contributed by atoms with Crippen molar-refractivity contribution in [1.29, 1.82) is 0 Å². The first-order valence-corrected chi connectivity index (χ1v) is 9.32. The molecule has 4 aromatic rings. The van der Waals surface area contributed by atoms with Gasteiger partial charge in [-0.05, 0) is 30.7 Å². The molecule has 0 radical (unpaired) electrons. The van der Waals surface area contributed by atoms with E-state index in [4.69, 9.17) is 9.47 Å². The van der Waals surface area contributed by atoms with Gasteiger partial charge in [0.25, 0.3) is 0 Å². The van der Waals surface area contributed by atoms with Gasteiger partial charge in [-0.2, -0.15) is 0 Å². The van der Waals surface area contributed by atoms with Crippen molar-refractivity contribution in [3.8, 4) is 21.9 Å². The van der Waals surface area contributed by atoms with Crippen LogP contribution in [0, 0.1) is 6.92 Å². The molecule has 2 heterocycles. The Bertz CT molecular complexity index is 1090. The highest BCUT2D eigenvalue weighted by Gasteiger charge is 2.14. The number of hydrogen-bond donors (Lipinski definition) is 1. The molecule has 0 saturated heterocycles. The molecule has 2 aromatic heterocycles. The van der Waals surface area contributed by atoms with E-state index in [0.29, 0.717) is 5.82 Å². The van der Waals surface area contributed by atoms with E-state index in [2.05, 4.69) is 33.5 Å². The summed E-state index contributed by atoms with van der Waals surface area (Å²) in [4.78, 5) is 11.3. The van der Waals surface area contributed by atoms with Crippen LogP contribution < -0.4 is 14.8 Å². The van der Waals surface area contributed by atoms with Crippen LogP contribution in [0.25, 0.3) is 20.7 Å². The molecule has 0 unspecified atom stereocenters. The lowest BCUT2D eigenvalue weighted by Crippen LogP contribution is -2.00. The molecule has 0 bridgehead atoms. The van der Waals surface area contributed by atoms with Gasteiger partial charge in [-0.15, -0.1) is 11.3 Å². The fraction of sp³-hybridized carbons (Fsp3) is 0.143. The average Bonchev–Trinajstić information content (AvgIpc) is 3.12. The van der Waals surface area contributed by atoms with Crippen molar-refractivity contribution in [1.82, 2.24) is 9.97 Å². The second kappa shape index (κ2) is 7.25. The van der Waals surface area contributed by atoms with Gasteiger partial charge in [0.2, 0.25) is 0 Å². The molecular weight excluding hydrogens is 358 g/mol. The molecule has 5 nitrogen and oxygen atoms in total. The SMILES string of the molecule is COc1ccc(OC)c(Nc2nc(C)nc3sc(-c4ccccc4)cc23)c1. The predicted molar refractivity (Wildman–Crippen MR) is 110 cm³/mol. The van der Waals surface area contributed by atoms with Crippen LogP contribution in [0.1, 0.15) is 5.82 Å². The van der Waals surface area contributed by atoms with Crippen molar-refractivity contribution in [3.05, 3.63) is 60.4 Å². The highest BCUT2D eigenvalue weighted by molar-refractivity contribution is 7.21. The van der Waals surface area contributed by atoms with E-state index in [1.165, 1.54) is 5.56 Å². The number of hydrogen-bond acceptors (Lipinski definition) is 6. The minimum absolute atomic E-state index is 0.716. The molecule has 0 fully saturated rings. The summed E-state index contributed by atoms with van der Waals surface area (Å²) in [5.74, 6) is 2.94. The van der Waals surface area contributed by atoms with Crippen LogP contribution in [0.3, 0.4) is 0 Å². The van der Waals surface area contributed by atoms with Gasteiger partial charge in [0, 0.05) is 10.9 Å². The number of aryl methyl sites for hydroxylation is 1. The minimum atomic E-state index is 0.716. The van der Waals surface area contributed by atoms with Crippen LogP contribution in [-0.4, -0.2) is 24.2 Å². The van der Waals surface area contributed by atoms with Gasteiger partial charge in [0.05, 0.1) is 25.3 Å². The van der Waals surface area contributed by atoms with Crippen molar-refractivity contribution in [2.75, 3.05) is 19.5 Å². The molecule has 0 aliphatic heterocycles. The highest BCUT2D eigenvalue weighted by atomic mass is 32.1. The molecule has 4 rings (SSSR count). The maximum atomic E-state index is 5.48. The fourth-order valence-electron chi connectivity index (χ4n) is 2.91. The van der Waals surface area contributed by atoms with Gasteiger partial charge >= 0.3 is 0 Å². The third-order valence-electron chi connectivity index (χ3n) is 4.22. The Morgan fingerprint density at radius 3 is 2.48 bits per heavy atom. The summed E-state index contributed by atoms with van der Waals surface area (Å²) in [5.41, 5.74) is 1.96. The van der Waals surface area contributed by atoms with Crippen LogP contribution in [0.2, 0.25) is 0 Å². The minimum Gasteiger partial charge on any atom is -0.497 e. The standard InChI is InChI=1S/C21H19N3O2S/c1-13-22-20(24-17-11-15(25-2)9-10-18(17)26-3)16-12-19(27-21(16)23-13)14-7-5-4-6-8-14/h4-12H,1-3H3,(H,22,23,24). The second-order valence-electron chi connectivity index (χ2n) is 6.01. The van der Waals surface area contributed by atoms with Crippen LogP contribution in [0.15, 0.2) is 54.6 Å². The van der Waals surface area contributed by atoms with E-state index in [-0.39, 0.29) is 0 Å². The van der Waals surface area contributed by atoms with Crippen LogP contribution in [0.5, 0.6) is 11.5 Å². The van der Waals surface area contributed by atoms with Crippen LogP contribution in [0.4, 0.5) is 11.5 Å². The maximum Gasteiger partial charge on any atom is 0.143 e. The van der Waals surface area contributed by atoms with E-state index in [1.807, 2.05) is 43.3 Å². The molecule has 0 aliphatic rings. The first-order chi connectivity index (χ1) is 13.2. The summed E-state index contributed by atoms with van der Waals surface area (Å²) in [7, 11) is 3.29. The Morgan fingerprint density at radius 1 is 0.926 bits per heavy atom. The van der Waals surface area contributed by atoms with Crippen molar-refractivity contribution in [2.24, 2.45) is 0 Å². The number of thiophene rings is 1. The maximum absolute atomic E-state index is 5.48. The molecule has 1 N–H and O–H groups in total. The fourth-order valence-corrected chi connectivity index (χ4v) is 3.99. The third kappa shape index (κ3) is 3.44. The number of anilines is 2. The van der Waals surface area contributed by atoms with Crippen LogP contribution >= 0.6 is 11.3 Å². The quantitative estimate of drug-likeness (QED) is 0.503. The number of rotatable bonds is 5. The second-order valence-corrected chi connectivity index (χ2v) is 7.04. The third-order valence-corrected chi connectivity index (χ3v) is 5.30. The lowest BCUT2D eigenvalue weighted by Gasteiger charge is -2.13. The van der Waals surface area contributed by atoms with Crippen molar-refractivity contribution in [2.45, 2.75) is 6.92 Å². The molecule has 0 saturated carbocycles. The van der Waals surface area contributed by atoms with Gasteiger partial charge in [-0.1, -0.05) is 30.3 Å². The van der Waals surface area contributed by atoms with Crippen molar-refractivity contribution >= 4 is 33.1 Å². The molecule has 6 heteroatoms. The average molecular weight is 377 g/mol. The first kappa shape index (κ1) is 17.3. The van der Waals surface area contributed by atoms with Gasteiger partial charge in [-0.3, -0.25) is 0 Å². The van der Waals surface area contributed by atoms with Gasteiger partial charge in [-0.25, -0.2) is 9.97 Å². The number of methoxy groups -OCH3 is 2. The summed E-state index contributed by atoms with van der Waals surface area (Å²) in [6.07, 6.45) is 0. The summed E-state index contributed by atoms with van der Waals surface area (Å²) < 4.78 is 10.8. The van der Waals surface area contributed by atoms with E-state index >= 15 is 0 Å². The Kier molecular flexibility index (Phi) is 4.64. The lowest BCUT2D eigenvalue weighted by atomic mass is 10.2. The topological polar surface area (TPSA) is 56.3 Å².